The summed E-state index contributed by atoms with van der Waals surface area (Å²) < 4.78 is 0. The smallest absolute Gasteiger partial charge is 0.122 e. The Morgan fingerprint density at radius 2 is 1.43 bits per heavy atom. The Balaban J connectivity index is 2.15. The lowest BCUT2D eigenvalue weighted by Crippen LogP contribution is -2.00. The summed E-state index contributed by atoms with van der Waals surface area (Å²) in [6, 6.07) is 4.83. The third-order valence-corrected chi connectivity index (χ3v) is 5.88. The van der Waals surface area contributed by atoms with Crippen LogP contribution in [0, 0.1) is 17.8 Å². The van der Waals surface area contributed by atoms with Gasteiger partial charge in [-0.05, 0) is 55.6 Å². The van der Waals surface area contributed by atoms with Crippen molar-refractivity contribution in [3.8, 4) is 11.5 Å². The van der Waals surface area contributed by atoms with Crippen molar-refractivity contribution in [2.45, 2.75) is 98.8 Å². The number of phenols is 2. The Bertz CT molecular complexity index is 574. The molecule has 0 aliphatic heterocycles. The summed E-state index contributed by atoms with van der Waals surface area (Å²) in [6.45, 7) is 11.6. The van der Waals surface area contributed by atoms with Crippen molar-refractivity contribution in [1.29, 1.82) is 0 Å². The van der Waals surface area contributed by atoms with Crippen LogP contribution < -0.4 is 0 Å². The number of hydrogen-bond donors (Lipinski definition) is 2. The van der Waals surface area contributed by atoms with E-state index < -0.39 is 0 Å². The fraction of sp³-hybridized carbons (Fsp3) is 0.692. The van der Waals surface area contributed by atoms with E-state index in [1.807, 2.05) is 0 Å². The first-order valence-corrected chi connectivity index (χ1v) is 11.4. The summed E-state index contributed by atoms with van der Waals surface area (Å²) in [5.41, 5.74) is 2.26. The summed E-state index contributed by atoms with van der Waals surface area (Å²) in [6.07, 6.45) is 14.9. The van der Waals surface area contributed by atoms with Crippen LogP contribution in [-0.2, 0) is 6.42 Å². The van der Waals surface area contributed by atoms with Gasteiger partial charge in [-0.15, -0.1) is 0 Å². The highest BCUT2D eigenvalue weighted by Gasteiger charge is 2.07. The monoisotopic (exact) mass is 388 g/mol. The van der Waals surface area contributed by atoms with Gasteiger partial charge in [-0.1, -0.05) is 90.4 Å². The second-order valence-corrected chi connectivity index (χ2v) is 9.43. The van der Waals surface area contributed by atoms with Crippen molar-refractivity contribution < 1.29 is 10.2 Å². The van der Waals surface area contributed by atoms with E-state index in [0.29, 0.717) is 0 Å². The molecule has 1 aromatic carbocycles. The maximum atomic E-state index is 9.86. The molecule has 0 spiro atoms. The molecule has 2 nitrogen and oxygen atoms in total. The summed E-state index contributed by atoms with van der Waals surface area (Å²) in [5.74, 6) is 2.83. The van der Waals surface area contributed by atoms with Crippen LogP contribution in [0.2, 0.25) is 0 Å². The highest BCUT2D eigenvalue weighted by molar-refractivity contribution is 5.40. The summed E-state index contributed by atoms with van der Waals surface area (Å²) >= 11 is 0. The van der Waals surface area contributed by atoms with Crippen LogP contribution in [0.25, 0.3) is 0 Å². The molecule has 0 saturated heterocycles. The van der Waals surface area contributed by atoms with Crippen LogP contribution >= 0.6 is 0 Å². The Hall–Kier alpha value is -1.44. The predicted molar refractivity (Wildman–Crippen MR) is 122 cm³/mol. The minimum atomic E-state index is 0.112. The van der Waals surface area contributed by atoms with Gasteiger partial charge in [0.15, 0.2) is 0 Å². The molecule has 1 rings (SSSR count). The van der Waals surface area contributed by atoms with E-state index >= 15 is 0 Å². The zero-order valence-electron chi connectivity index (χ0n) is 19.0. The largest absolute Gasteiger partial charge is 0.508 e. The highest BCUT2D eigenvalue weighted by Crippen LogP contribution is 2.25. The summed E-state index contributed by atoms with van der Waals surface area (Å²) in [5, 5.41) is 19.2. The lowest BCUT2D eigenvalue weighted by molar-refractivity contribution is 0.389. The highest BCUT2D eigenvalue weighted by atomic mass is 16.3. The zero-order valence-corrected chi connectivity index (χ0v) is 19.0. The summed E-state index contributed by atoms with van der Waals surface area (Å²) in [7, 11) is 0. The Labute approximate surface area is 174 Å². The molecule has 2 heteroatoms. The van der Waals surface area contributed by atoms with Crippen molar-refractivity contribution in [3.05, 3.63) is 35.4 Å². The fourth-order valence-electron chi connectivity index (χ4n) is 3.82. The lowest BCUT2D eigenvalue weighted by Gasteiger charge is -2.15. The molecule has 0 heterocycles. The molecule has 28 heavy (non-hydrogen) atoms. The average molecular weight is 389 g/mol. The molecular weight excluding hydrogens is 344 g/mol. The molecule has 0 aliphatic carbocycles. The topological polar surface area (TPSA) is 40.5 Å². The minimum absolute atomic E-state index is 0.112. The molecule has 160 valence electrons. The van der Waals surface area contributed by atoms with Gasteiger partial charge in [-0.25, -0.2) is 0 Å². The molecule has 0 amide bonds. The van der Waals surface area contributed by atoms with Crippen LogP contribution in [-0.4, -0.2) is 10.2 Å². The lowest BCUT2D eigenvalue weighted by atomic mass is 9.91. The molecule has 0 bridgehead atoms. The van der Waals surface area contributed by atoms with Gasteiger partial charge in [0.1, 0.15) is 11.5 Å². The van der Waals surface area contributed by atoms with Gasteiger partial charge in [0.25, 0.3) is 0 Å². The van der Waals surface area contributed by atoms with E-state index in [1.165, 1.54) is 63.0 Å². The molecule has 0 aliphatic rings. The van der Waals surface area contributed by atoms with Crippen LogP contribution in [0.15, 0.2) is 29.8 Å². The molecule has 0 saturated carbocycles. The van der Waals surface area contributed by atoms with E-state index in [0.717, 1.165) is 36.2 Å². The van der Waals surface area contributed by atoms with E-state index in [2.05, 4.69) is 40.7 Å². The SMILES string of the molecule is C/C(=C\Cc1ccc(O)cc1O)CCCC(C)CCCC(C)CCCC(C)C. The molecule has 2 unspecified atom stereocenters. The molecule has 2 atom stereocenters. The van der Waals surface area contributed by atoms with Crippen LogP contribution in [0.5, 0.6) is 11.5 Å². The van der Waals surface area contributed by atoms with E-state index in [1.54, 1.807) is 12.1 Å². The summed E-state index contributed by atoms with van der Waals surface area (Å²) in [4.78, 5) is 0. The number of hydrogen-bond acceptors (Lipinski definition) is 2. The molecular formula is C26H44O2. The second kappa shape index (κ2) is 13.7. The van der Waals surface area contributed by atoms with E-state index in [4.69, 9.17) is 0 Å². The van der Waals surface area contributed by atoms with Crippen molar-refractivity contribution in [1.82, 2.24) is 0 Å². The van der Waals surface area contributed by atoms with Gasteiger partial charge >= 0.3 is 0 Å². The minimum Gasteiger partial charge on any atom is -0.508 e. The normalized spacial score (nSPS) is 14.4. The third-order valence-electron chi connectivity index (χ3n) is 5.88. The number of phenolic OH excluding ortho intramolecular Hbond substituents is 2. The van der Waals surface area contributed by atoms with E-state index in [-0.39, 0.29) is 11.5 Å². The van der Waals surface area contributed by atoms with Gasteiger partial charge in [0.05, 0.1) is 0 Å². The zero-order chi connectivity index (χ0) is 20.9. The maximum absolute atomic E-state index is 9.86. The molecule has 0 aromatic heterocycles. The first kappa shape index (κ1) is 24.6. The predicted octanol–water partition coefficient (Wildman–Crippen LogP) is 8.03. The number of aromatic hydroxyl groups is 2. The van der Waals surface area contributed by atoms with Gasteiger partial charge in [0.2, 0.25) is 0 Å². The van der Waals surface area contributed by atoms with Crippen molar-refractivity contribution in [2.24, 2.45) is 17.8 Å². The van der Waals surface area contributed by atoms with Crippen molar-refractivity contribution >= 4 is 0 Å². The quantitative estimate of drug-likeness (QED) is 0.317. The van der Waals surface area contributed by atoms with Crippen LogP contribution in [0.1, 0.15) is 98.0 Å². The van der Waals surface area contributed by atoms with Gasteiger partial charge in [-0.2, -0.15) is 0 Å². The van der Waals surface area contributed by atoms with Gasteiger partial charge in [-0.3, -0.25) is 0 Å². The Kier molecular flexibility index (Phi) is 12.0. The number of allylic oxidation sites excluding steroid dienone is 2. The first-order valence-electron chi connectivity index (χ1n) is 11.4. The first-order chi connectivity index (χ1) is 13.3. The van der Waals surface area contributed by atoms with E-state index in [9.17, 15) is 10.2 Å². The van der Waals surface area contributed by atoms with Gasteiger partial charge in [0, 0.05) is 6.07 Å². The maximum Gasteiger partial charge on any atom is 0.122 e. The second-order valence-electron chi connectivity index (χ2n) is 9.43. The van der Waals surface area contributed by atoms with Crippen molar-refractivity contribution in [2.75, 3.05) is 0 Å². The average Bonchev–Trinajstić information content (AvgIpc) is 2.60. The number of benzene rings is 1. The third kappa shape index (κ3) is 11.4. The molecule has 0 fully saturated rings. The fourth-order valence-corrected chi connectivity index (χ4v) is 3.82. The number of rotatable bonds is 14. The Morgan fingerprint density at radius 1 is 0.857 bits per heavy atom. The van der Waals surface area contributed by atoms with Gasteiger partial charge < -0.3 is 10.2 Å². The molecule has 0 radical (unpaired) electrons. The van der Waals surface area contributed by atoms with Crippen LogP contribution in [0.3, 0.4) is 0 Å². The van der Waals surface area contributed by atoms with Crippen molar-refractivity contribution in [3.63, 3.8) is 0 Å². The standard InChI is InChI=1S/C26H44O2/c1-20(2)9-6-10-21(3)11-7-12-22(4)13-8-14-23(5)15-16-24-17-18-25(27)19-26(24)28/h15,17-22,27-28H,6-14,16H2,1-5H3/b23-15+. The molecule has 1 aromatic rings. The molecule has 2 N–H and O–H groups in total. The Morgan fingerprint density at radius 3 is 2.00 bits per heavy atom. The van der Waals surface area contributed by atoms with Crippen LogP contribution in [0.4, 0.5) is 0 Å².